The van der Waals surface area contributed by atoms with Crippen LogP contribution in [0.15, 0.2) is 37.3 Å². The van der Waals surface area contributed by atoms with Crippen LogP contribution in [0, 0.1) is 5.41 Å². The lowest BCUT2D eigenvalue weighted by Crippen LogP contribution is -2.52. The molecule has 1 aliphatic heterocycles. The molecule has 1 N–H and O–H groups in total. The molecule has 1 unspecified atom stereocenters. The van der Waals surface area contributed by atoms with E-state index < -0.39 is 0 Å². The SMILES string of the molecule is CC(C)(C)C(Cn1ccnc1)NC1CCN(C(=O)c2cnccn2)CC1. The van der Waals surface area contributed by atoms with Crippen molar-refractivity contribution in [2.24, 2.45) is 5.41 Å². The Morgan fingerprint density at radius 2 is 2.00 bits per heavy atom. The number of hydrogen-bond donors (Lipinski definition) is 1. The van der Waals surface area contributed by atoms with Crippen molar-refractivity contribution in [2.75, 3.05) is 13.1 Å². The zero-order chi connectivity index (χ0) is 18.6. The van der Waals surface area contributed by atoms with Crippen LogP contribution >= 0.6 is 0 Å². The quantitative estimate of drug-likeness (QED) is 0.886. The van der Waals surface area contributed by atoms with E-state index in [4.69, 9.17) is 0 Å². The molecule has 7 nitrogen and oxygen atoms in total. The minimum absolute atomic E-state index is 0.0256. The lowest BCUT2D eigenvalue weighted by Gasteiger charge is -2.39. The molecule has 3 rings (SSSR count). The molecule has 1 amide bonds. The molecular weight excluding hydrogens is 328 g/mol. The van der Waals surface area contributed by atoms with E-state index in [1.165, 1.54) is 6.20 Å². The van der Waals surface area contributed by atoms with E-state index in [2.05, 4.69) is 45.6 Å². The number of likely N-dealkylation sites (tertiary alicyclic amines) is 1. The molecule has 1 saturated heterocycles. The highest BCUT2D eigenvalue weighted by Gasteiger charge is 2.30. The van der Waals surface area contributed by atoms with Crippen LogP contribution < -0.4 is 5.32 Å². The topological polar surface area (TPSA) is 75.9 Å². The van der Waals surface area contributed by atoms with Gasteiger partial charge in [-0.1, -0.05) is 20.8 Å². The summed E-state index contributed by atoms with van der Waals surface area (Å²) >= 11 is 0. The first-order chi connectivity index (χ1) is 12.4. The number of amides is 1. The van der Waals surface area contributed by atoms with Crippen molar-refractivity contribution in [3.63, 3.8) is 0 Å². The standard InChI is InChI=1S/C19H28N6O/c1-19(2,3)17(13-24-11-8-21-14-24)23-15-4-9-25(10-5-15)18(26)16-12-20-6-7-22-16/h6-8,11-12,14-15,17,23H,4-5,9-10,13H2,1-3H3. The molecule has 1 fully saturated rings. The molecule has 1 aliphatic rings. The summed E-state index contributed by atoms with van der Waals surface area (Å²) in [4.78, 5) is 26.6. The van der Waals surface area contributed by atoms with Crippen LogP contribution in [-0.4, -0.2) is 55.5 Å². The minimum Gasteiger partial charge on any atom is -0.337 e. The number of rotatable bonds is 5. The van der Waals surface area contributed by atoms with E-state index in [9.17, 15) is 4.79 Å². The number of carbonyl (C=O) groups is 1. The first kappa shape index (κ1) is 18.5. The molecule has 2 aromatic rings. The van der Waals surface area contributed by atoms with Crippen molar-refractivity contribution in [2.45, 2.75) is 52.2 Å². The largest absolute Gasteiger partial charge is 0.337 e. The smallest absolute Gasteiger partial charge is 0.274 e. The number of aromatic nitrogens is 4. The second-order valence-electron chi connectivity index (χ2n) is 8.00. The fraction of sp³-hybridized carbons (Fsp3) is 0.579. The Kier molecular flexibility index (Phi) is 5.66. The third kappa shape index (κ3) is 4.66. The van der Waals surface area contributed by atoms with Crippen LogP contribution in [0.4, 0.5) is 0 Å². The summed E-state index contributed by atoms with van der Waals surface area (Å²) in [5.74, 6) is -0.0256. The molecule has 0 spiro atoms. The van der Waals surface area contributed by atoms with Gasteiger partial charge >= 0.3 is 0 Å². The van der Waals surface area contributed by atoms with Gasteiger partial charge < -0.3 is 14.8 Å². The summed E-state index contributed by atoms with van der Waals surface area (Å²) in [6.45, 7) is 9.16. The predicted octanol–water partition coefficient (Wildman–Crippen LogP) is 1.98. The van der Waals surface area contributed by atoms with E-state index in [0.29, 0.717) is 17.8 Å². The Balaban J connectivity index is 1.55. The van der Waals surface area contributed by atoms with Crippen molar-refractivity contribution < 1.29 is 4.79 Å². The normalized spacial score (nSPS) is 17.3. The Morgan fingerprint density at radius 1 is 1.23 bits per heavy atom. The Bertz CT molecular complexity index is 687. The Hall–Kier alpha value is -2.28. The van der Waals surface area contributed by atoms with Gasteiger partial charge in [-0.15, -0.1) is 0 Å². The van der Waals surface area contributed by atoms with Gasteiger partial charge in [0.25, 0.3) is 5.91 Å². The fourth-order valence-corrected chi connectivity index (χ4v) is 3.29. The van der Waals surface area contributed by atoms with Crippen LogP contribution in [-0.2, 0) is 6.54 Å². The van der Waals surface area contributed by atoms with Crippen LogP contribution in [0.3, 0.4) is 0 Å². The molecule has 140 valence electrons. The molecule has 7 heteroatoms. The first-order valence-electron chi connectivity index (χ1n) is 9.20. The van der Waals surface area contributed by atoms with Crippen LogP contribution in [0.1, 0.15) is 44.1 Å². The highest BCUT2D eigenvalue weighted by atomic mass is 16.2. The molecule has 0 bridgehead atoms. The number of carbonyl (C=O) groups excluding carboxylic acids is 1. The molecule has 0 saturated carbocycles. The summed E-state index contributed by atoms with van der Waals surface area (Å²) in [5.41, 5.74) is 0.559. The zero-order valence-corrected chi connectivity index (χ0v) is 15.8. The van der Waals surface area contributed by atoms with E-state index in [-0.39, 0.29) is 11.3 Å². The van der Waals surface area contributed by atoms with E-state index in [0.717, 1.165) is 32.5 Å². The molecule has 0 aliphatic carbocycles. The maximum absolute atomic E-state index is 12.5. The average molecular weight is 356 g/mol. The summed E-state index contributed by atoms with van der Waals surface area (Å²) in [7, 11) is 0. The lowest BCUT2D eigenvalue weighted by atomic mass is 9.85. The summed E-state index contributed by atoms with van der Waals surface area (Å²) in [6, 6.07) is 0.748. The van der Waals surface area contributed by atoms with Crippen LogP contribution in [0.5, 0.6) is 0 Å². The van der Waals surface area contributed by atoms with Gasteiger partial charge in [0.15, 0.2) is 0 Å². The number of imidazole rings is 1. The van der Waals surface area contributed by atoms with Crippen molar-refractivity contribution >= 4 is 5.91 Å². The zero-order valence-electron chi connectivity index (χ0n) is 15.8. The van der Waals surface area contributed by atoms with Gasteiger partial charge in [-0.2, -0.15) is 0 Å². The summed E-state index contributed by atoms with van der Waals surface area (Å²) in [6.07, 6.45) is 12.3. The highest BCUT2D eigenvalue weighted by Crippen LogP contribution is 2.23. The van der Waals surface area contributed by atoms with E-state index >= 15 is 0 Å². The van der Waals surface area contributed by atoms with Gasteiger partial charge in [0.2, 0.25) is 0 Å². The molecule has 1 atom stereocenters. The number of hydrogen-bond acceptors (Lipinski definition) is 5. The number of nitrogens with one attached hydrogen (secondary N) is 1. The lowest BCUT2D eigenvalue weighted by molar-refractivity contribution is 0.0684. The number of piperidine rings is 1. The number of nitrogens with zero attached hydrogens (tertiary/aromatic N) is 5. The van der Waals surface area contributed by atoms with Crippen LogP contribution in [0.2, 0.25) is 0 Å². The third-order valence-electron chi connectivity index (χ3n) is 5.00. The fourth-order valence-electron chi connectivity index (χ4n) is 3.29. The minimum atomic E-state index is -0.0256. The summed E-state index contributed by atoms with van der Waals surface area (Å²) in [5, 5.41) is 3.82. The van der Waals surface area contributed by atoms with Crippen molar-refractivity contribution in [1.29, 1.82) is 0 Å². The van der Waals surface area contributed by atoms with E-state index in [1.807, 2.05) is 23.6 Å². The molecule has 3 heterocycles. The summed E-state index contributed by atoms with van der Waals surface area (Å²) < 4.78 is 2.12. The second kappa shape index (κ2) is 7.95. The van der Waals surface area contributed by atoms with Crippen molar-refractivity contribution in [1.82, 2.24) is 29.7 Å². The Labute approximate surface area is 154 Å². The monoisotopic (exact) mass is 356 g/mol. The first-order valence-corrected chi connectivity index (χ1v) is 9.20. The predicted molar refractivity (Wildman–Crippen MR) is 99.6 cm³/mol. The maximum atomic E-state index is 12.5. The van der Waals surface area contributed by atoms with Crippen LogP contribution in [0.25, 0.3) is 0 Å². The highest BCUT2D eigenvalue weighted by molar-refractivity contribution is 5.92. The van der Waals surface area contributed by atoms with Gasteiger partial charge in [-0.05, 0) is 18.3 Å². The molecule has 0 aromatic carbocycles. The second-order valence-corrected chi connectivity index (χ2v) is 8.00. The van der Waals surface area contributed by atoms with Gasteiger partial charge in [0.05, 0.1) is 12.5 Å². The molecule has 26 heavy (non-hydrogen) atoms. The van der Waals surface area contributed by atoms with Gasteiger partial charge in [-0.3, -0.25) is 9.78 Å². The van der Waals surface area contributed by atoms with Crippen molar-refractivity contribution in [3.05, 3.63) is 43.0 Å². The maximum Gasteiger partial charge on any atom is 0.274 e. The Morgan fingerprint density at radius 3 is 2.58 bits per heavy atom. The van der Waals surface area contributed by atoms with E-state index in [1.54, 1.807) is 12.4 Å². The molecular formula is C19H28N6O. The van der Waals surface area contributed by atoms with Gasteiger partial charge in [-0.25, -0.2) is 9.97 Å². The van der Waals surface area contributed by atoms with Crippen molar-refractivity contribution in [3.8, 4) is 0 Å². The average Bonchev–Trinajstić information content (AvgIpc) is 3.14. The molecule has 0 radical (unpaired) electrons. The van der Waals surface area contributed by atoms with Gasteiger partial charge in [0.1, 0.15) is 5.69 Å². The van der Waals surface area contributed by atoms with Gasteiger partial charge in [0, 0.05) is 56.5 Å². The third-order valence-corrected chi connectivity index (χ3v) is 5.00. The molecule has 2 aromatic heterocycles.